The standard InChI is InChI=1S/C22H20N2O5S2/c1-27-14-7-8-18(28-2)15(11-14)22(26)29-13-21(25)24-17(20-6-4-10-31-20)12-16(23-24)19-5-3-9-30-19/h3-11,17H,12-13H2,1-2H3. The van der Waals surface area contributed by atoms with Crippen molar-refractivity contribution in [1.82, 2.24) is 5.01 Å². The van der Waals surface area contributed by atoms with Gasteiger partial charge in [-0.1, -0.05) is 12.1 Å². The minimum atomic E-state index is -0.668. The van der Waals surface area contributed by atoms with E-state index in [4.69, 9.17) is 14.2 Å². The number of carbonyl (C=O) groups is 2. The third kappa shape index (κ3) is 4.47. The Hall–Kier alpha value is -3.17. The van der Waals surface area contributed by atoms with Crippen LogP contribution in [0.25, 0.3) is 0 Å². The summed E-state index contributed by atoms with van der Waals surface area (Å²) in [5, 5.41) is 9.94. The van der Waals surface area contributed by atoms with Gasteiger partial charge in [-0.2, -0.15) is 5.10 Å². The minimum absolute atomic E-state index is 0.189. The van der Waals surface area contributed by atoms with Gasteiger partial charge in [0.1, 0.15) is 17.1 Å². The van der Waals surface area contributed by atoms with Crippen LogP contribution >= 0.6 is 22.7 Å². The van der Waals surface area contributed by atoms with Gasteiger partial charge in [0.25, 0.3) is 5.91 Å². The third-order valence-electron chi connectivity index (χ3n) is 4.80. The Labute approximate surface area is 187 Å². The first-order valence-electron chi connectivity index (χ1n) is 9.46. The van der Waals surface area contributed by atoms with Gasteiger partial charge in [-0.15, -0.1) is 22.7 Å². The molecule has 3 heterocycles. The maximum atomic E-state index is 13.0. The first-order chi connectivity index (χ1) is 15.1. The molecule has 1 unspecified atom stereocenters. The first-order valence-corrected chi connectivity index (χ1v) is 11.2. The van der Waals surface area contributed by atoms with E-state index in [1.807, 2.05) is 35.0 Å². The number of hydrogen-bond acceptors (Lipinski definition) is 8. The molecule has 1 aliphatic heterocycles. The van der Waals surface area contributed by atoms with Crippen molar-refractivity contribution in [3.8, 4) is 11.5 Å². The van der Waals surface area contributed by atoms with E-state index in [1.54, 1.807) is 34.8 Å². The predicted molar refractivity (Wildman–Crippen MR) is 119 cm³/mol. The van der Waals surface area contributed by atoms with E-state index in [9.17, 15) is 9.59 Å². The molecule has 1 aromatic carbocycles. The van der Waals surface area contributed by atoms with Crippen LogP contribution in [0.3, 0.4) is 0 Å². The molecule has 160 valence electrons. The first kappa shape index (κ1) is 21.1. The minimum Gasteiger partial charge on any atom is -0.497 e. The summed E-state index contributed by atoms with van der Waals surface area (Å²) in [6, 6.07) is 12.5. The number of rotatable bonds is 7. The molecule has 0 spiro atoms. The second-order valence-corrected chi connectivity index (χ2v) is 8.57. The van der Waals surface area contributed by atoms with Gasteiger partial charge in [0.2, 0.25) is 0 Å². The third-order valence-corrected chi connectivity index (χ3v) is 6.69. The Morgan fingerprint density at radius 3 is 2.58 bits per heavy atom. The Bertz CT molecular complexity index is 1090. The fourth-order valence-electron chi connectivity index (χ4n) is 3.28. The lowest BCUT2D eigenvalue weighted by molar-refractivity contribution is -0.136. The average molecular weight is 457 g/mol. The Kier molecular flexibility index (Phi) is 6.34. The van der Waals surface area contributed by atoms with Crippen LogP contribution in [-0.2, 0) is 9.53 Å². The van der Waals surface area contributed by atoms with Gasteiger partial charge >= 0.3 is 5.97 Å². The number of ether oxygens (including phenoxy) is 3. The number of thiophene rings is 2. The lowest BCUT2D eigenvalue weighted by atomic mass is 10.1. The molecule has 0 saturated heterocycles. The number of carbonyl (C=O) groups excluding carboxylic acids is 2. The van der Waals surface area contributed by atoms with Gasteiger partial charge in [0.15, 0.2) is 6.61 Å². The maximum Gasteiger partial charge on any atom is 0.342 e. The van der Waals surface area contributed by atoms with Gasteiger partial charge in [0.05, 0.1) is 30.9 Å². The largest absolute Gasteiger partial charge is 0.497 e. The van der Waals surface area contributed by atoms with Crippen molar-refractivity contribution in [3.05, 3.63) is 68.5 Å². The van der Waals surface area contributed by atoms with Gasteiger partial charge in [0, 0.05) is 11.3 Å². The van der Waals surface area contributed by atoms with Crippen molar-refractivity contribution in [3.63, 3.8) is 0 Å². The predicted octanol–water partition coefficient (Wildman–Crippen LogP) is 4.36. The van der Waals surface area contributed by atoms with Crippen LogP contribution < -0.4 is 9.47 Å². The van der Waals surface area contributed by atoms with Crippen LogP contribution in [0.1, 0.15) is 32.6 Å². The Morgan fingerprint density at radius 1 is 1.10 bits per heavy atom. The number of hydrazone groups is 1. The van der Waals surface area contributed by atoms with E-state index in [1.165, 1.54) is 25.3 Å². The van der Waals surface area contributed by atoms with E-state index in [0.717, 1.165) is 15.5 Å². The Balaban J connectivity index is 1.50. The zero-order chi connectivity index (χ0) is 21.8. The van der Waals surface area contributed by atoms with E-state index >= 15 is 0 Å². The summed E-state index contributed by atoms with van der Waals surface area (Å²) in [5.74, 6) is -0.228. The molecule has 4 rings (SSSR count). The van der Waals surface area contributed by atoms with Crippen LogP contribution in [0.5, 0.6) is 11.5 Å². The van der Waals surface area contributed by atoms with Crippen molar-refractivity contribution in [2.75, 3.05) is 20.8 Å². The van der Waals surface area contributed by atoms with Crippen LogP contribution in [0.2, 0.25) is 0 Å². The summed E-state index contributed by atoms with van der Waals surface area (Å²) in [6.07, 6.45) is 0.615. The number of methoxy groups -OCH3 is 2. The molecule has 0 bridgehead atoms. The smallest absolute Gasteiger partial charge is 0.342 e. The molecule has 1 aliphatic rings. The van der Waals surface area contributed by atoms with E-state index in [-0.39, 0.29) is 17.5 Å². The molecule has 9 heteroatoms. The number of hydrogen-bond donors (Lipinski definition) is 0. The zero-order valence-electron chi connectivity index (χ0n) is 16.9. The molecule has 1 amide bonds. The van der Waals surface area contributed by atoms with Crippen LogP contribution in [0.4, 0.5) is 0 Å². The van der Waals surface area contributed by atoms with E-state index in [0.29, 0.717) is 17.9 Å². The number of amides is 1. The summed E-state index contributed by atoms with van der Waals surface area (Å²) < 4.78 is 15.7. The molecule has 0 N–H and O–H groups in total. The highest BCUT2D eigenvalue weighted by atomic mass is 32.1. The Morgan fingerprint density at radius 2 is 1.90 bits per heavy atom. The molecule has 0 fully saturated rings. The van der Waals surface area contributed by atoms with Crippen molar-refractivity contribution < 1.29 is 23.8 Å². The second-order valence-electron chi connectivity index (χ2n) is 6.64. The summed E-state index contributed by atoms with van der Waals surface area (Å²) in [6.45, 7) is -0.428. The summed E-state index contributed by atoms with van der Waals surface area (Å²) >= 11 is 3.15. The van der Waals surface area contributed by atoms with Gasteiger partial charge in [-0.05, 0) is 41.1 Å². The lowest BCUT2D eigenvalue weighted by Crippen LogP contribution is -2.31. The SMILES string of the molecule is COc1ccc(OC)c(C(=O)OCC(=O)N2N=C(c3cccs3)CC2c2cccs2)c1. The molecule has 0 aliphatic carbocycles. The summed E-state index contributed by atoms with van der Waals surface area (Å²) in [7, 11) is 2.96. The van der Waals surface area contributed by atoms with Crippen LogP contribution in [-0.4, -0.2) is 43.4 Å². The van der Waals surface area contributed by atoms with Crippen molar-refractivity contribution >= 4 is 40.3 Å². The topological polar surface area (TPSA) is 77.4 Å². The highest BCUT2D eigenvalue weighted by Crippen LogP contribution is 2.36. The van der Waals surface area contributed by atoms with Gasteiger partial charge in [-0.3, -0.25) is 4.79 Å². The molecular weight excluding hydrogens is 436 g/mol. The average Bonchev–Trinajstić information content (AvgIpc) is 3.56. The van der Waals surface area contributed by atoms with Crippen LogP contribution in [0.15, 0.2) is 58.3 Å². The highest BCUT2D eigenvalue weighted by molar-refractivity contribution is 7.12. The highest BCUT2D eigenvalue weighted by Gasteiger charge is 2.34. The molecular formula is C22H20N2O5S2. The van der Waals surface area contributed by atoms with Crippen LogP contribution in [0, 0.1) is 0 Å². The molecule has 7 nitrogen and oxygen atoms in total. The molecule has 31 heavy (non-hydrogen) atoms. The monoisotopic (exact) mass is 456 g/mol. The summed E-state index contributed by atoms with van der Waals surface area (Å²) in [4.78, 5) is 27.6. The number of benzene rings is 1. The second kappa shape index (κ2) is 9.32. The normalized spacial score (nSPS) is 15.5. The molecule has 2 aromatic heterocycles. The van der Waals surface area contributed by atoms with Crippen molar-refractivity contribution in [2.24, 2.45) is 5.10 Å². The fraction of sp³-hybridized carbons (Fsp3) is 0.227. The zero-order valence-corrected chi connectivity index (χ0v) is 18.6. The summed E-state index contributed by atoms with van der Waals surface area (Å²) in [5.41, 5.74) is 1.04. The lowest BCUT2D eigenvalue weighted by Gasteiger charge is -2.20. The molecule has 3 aromatic rings. The van der Waals surface area contributed by atoms with E-state index in [2.05, 4.69) is 5.10 Å². The van der Waals surface area contributed by atoms with Gasteiger partial charge < -0.3 is 14.2 Å². The maximum absolute atomic E-state index is 13.0. The molecule has 0 saturated carbocycles. The van der Waals surface area contributed by atoms with Crippen molar-refractivity contribution in [1.29, 1.82) is 0 Å². The van der Waals surface area contributed by atoms with Crippen molar-refractivity contribution in [2.45, 2.75) is 12.5 Å². The number of nitrogens with zero attached hydrogens (tertiary/aromatic N) is 2. The molecule has 1 atom stereocenters. The van der Waals surface area contributed by atoms with E-state index < -0.39 is 12.6 Å². The quantitative estimate of drug-likeness (QED) is 0.494. The number of esters is 1. The van der Waals surface area contributed by atoms with Gasteiger partial charge in [-0.25, -0.2) is 9.80 Å². The fourth-order valence-corrected chi connectivity index (χ4v) is 4.81. The molecule has 0 radical (unpaired) electrons.